The first-order chi connectivity index (χ1) is 11.5. The van der Waals surface area contributed by atoms with Gasteiger partial charge in [0.2, 0.25) is 5.91 Å². The second kappa shape index (κ2) is 6.81. The minimum Gasteiger partial charge on any atom is -0.370 e. The van der Waals surface area contributed by atoms with E-state index in [9.17, 15) is 9.59 Å². The molecule has 2 unspecified atom stereocenters. The summed E-state index contributed by atoms with van der Waals surface area (Å²) in [6, 6.07) is 5.41. The summed E-state index contributed by atoms with van der Waals surface area (Å²) >= 11 is 0. The fourth-order valence-electron chi connectivity index (χ4n) is 3.59. The third kappa shape index (κ3) is 3.70. The first-order valence-corrected chi connectivity index (χ1v) is 8.68. The molecule has 2 amide bonds. The fraction of sp³-hybridized carbons (Fsp3) is 0.556. The molecule has 1 saturated carbocycles. The summed E-state index contributed by atoms with van der Waals surface area (Å²) in [7, 11) is 0. The number of nitrogen functional groups attached to an aromatic ring is 1. The number of benzene rings is 1. The highest BCUT2D eigenvalue weighted by Gasteiger charge is 2.30. The van der Waals surface area contributed by atoms with E-state index in [0.29, 0.717) is 17.4 Å². The normalized spacial score (nSPS) is 23.7. The topological polar surface area (TPSA) is 87.5 Å². The minimum atomic E-state index is -0.309. The number of hydrazine groups is 1. The molecule has 1 aromatic rings. The van der Waals surface area contributed by atoms with E-state index in [1.165, 1.54) is 6.42 Å². The van der Waals surface area contributed by atoms with Crippen LogP contribution in [-0.2, 0) is 4.79 Å². The van der Waals surface area contributed by atoms with E-state index in [-0.39, 0.29) is 17.7 Å². The van der Waals surface area contributed by atoms with Gasteiger partial charge in [0, 0.05) is 24.7 Å². The average Bonchev–Trinajstić information content (AvgIpc) is 3.38. The highest BCUT2D eigenvalue weighted by Crippen LogP contribution is 2.33. The lowest BCUT2D eigenvalue weighted by atomic mass is 9.91. The van der Waals surface area contributed by atoms with Crippen molar-refractivity contribution in [2.75, 3.05) is 23.3 Å². The molecule has 24 heavy (non-hydrogen) atoms. The third-order valence-electron chi connectivity index (χ3n) is 4.80. The number of hydrogen-bond acceptors (Lipinski definition) is 4. The van der Waals surface area contributed by atoms with Crippen molar-refractivity contribution in [2.24, 2.45) is 23.6 Å². The lowest BCUT2D eigenvalue weighted by Crippen LogP contribution is -2.40. The minimum absolute atomic E-state index is 0.0670. The molecule has 0 aromatic heterocycles. The van der Waals surface area contributed by atoms with Gasteiger partial charge in [-0.1, -0.05) is 13.8 Å². The first kappa shape index (κ1) is 16.8. The van der Waals surface area contributed by atoms with Crippen LogP contribution in [0.25, 0.3) is 0 Å². The standard InChI is InChI=1S/C18H26N4O2/c1-11-7-12(2)10-22(9-11)16-8-14(20-17(23)13-3-4-13)5-6-15(16)18(24)21-19/h5-6,8,11-13H,3-4,7,9-10,19H2,1-2H3,(H,20,23)(H,21,24). The van der Waals surface area contributed by atoms with Crippen molar-refractivity contribution in [1.82, 2.24) is 5.43 Å². The van der Waals surface area contributed by atoms with Crippen molar-refractivity contribution in [2.45, 2.75) is 33.1 Å². The van der Waals surface area contributed by atoms with Crippen molar-refractivity contribution in [1.29, 1.82) is 0 Å². The van der Waals surface area contributed by atoms with Crippen molar-refractivity contribution in [3.05, 3.63) is 23.8 Å². The summed E-state index contributed by atoms with van der Waals surface area (Å²) in [5.74, 6) is 6.37. The van der Waals surface area contributed by atoms with Crippen molar-refractivity contribution in [3.8, 4) is 0 Å². The Labute approximate surface area is 142 Å². The predicted octanol–water partition coefficient (Wildman–Crippen LogP) is 2.12. The molecule has 1 heterocycles. The Morgan fingerprint density at radius 1 is 1.17 bits per heavy atom. The molecule has 4 N–H and O–H groups in total. The van der Waals surface area contributed by atoms with Gasteiger partial charge in [-0.2, -0.15) is 0 Å². The number of hydrogen-bond donors (Lipinski definition) is 3. The maximum absolute atomic E-state index is 12.1. The Hall–Kier alpha value is -2.08. The number of carbonyl (C=O) groups excluding carboxylic acids is 2. The largest absolute Gasteiger partial charge is 0.370 e. The van der Waals surface area contributed by atoms with Crippen LogP contribution in [0.5, 0.6) is 0 Å². The van der Waals surface area contributed by atoms with Crippen LogP contribution in [0.15, 0.2) is 18.2 Å². The third-order valence-corrected chi connectivity index (χ3v) is 4.80. The van der Waals surface area contributed by atoms with Crippen LogP contribution >= 0.6 is 0 Å². The van der Waals surface area contributed by atoms with Crippen LogP contribution in [0, 0.1) is 17.8 Å². The Morgan fingerprint density at radius 2 is 1.83 bits per heavy atom. The van der Waals surface area contributed by atoms with Crippen LogP contribution in [-0.4, -0.2) is 24.9 Å². The van der Waals surface area contributed by atoms with Crippen LogP contribution in [0.2, 0.25) is 0 Å². The molecule has 1 aromatic carbocycles. The van der Waals surface area contributed by atoms with E-state index in [1.54, 1.807) is 12.1 Å². The maximum Gasteiger partial charge on any atom is 0.267 e. The fourth-order valence-corrected chi connectivity index (χ4v) is 3.59. The van der Waals surface area contributed by atoms with Gasteiger partial charge in [-0.25, -0.2) is 5.84 Å². The SMILES string of the molecule is CC1CC(C)CN(c2cc(NC(=O)C3CC3)ccc2C(=O)NN)C1. The second-order valence-corrected chi connectivity index (χ2v) is 7.32. The summed E-state index contributed by atoms with van der Waals surface area (Å²) in [5, 5.41) is 2.96. The highest BCUT2D eigenvalue weighted by molar-refractivity contribution is 6.01. The zero-order valence-electron chi connectivity index (χ0n) is 14.3. The summed E-state index contributed by atoms with van der Waals surface area (Å²) < 4.78 is 0. The van der Waals surface area contributed by atoms with Gasteiger partial charge in [-0.05, 0) is 49.3 Å². The molecule has 0 bridgehead atoms. The summed E-state index contributed by atoms with van der Waals surface area (Å²) in [6.45, 7) is 6.25. The molecule has 2 fully saturated rings. The molecule has 1 saturated heterocycles. The van der Waals surface area contributed by atoms with Gasteiger partial charge < -0.3 is 10.2 Å². The van der Waals surface area contributed by atoms with Crippen LogP contribution in [0.3, 0.4) is 0 Å². The van der Waals surface area contributed by atoms with Gasteiger partial charge in [-0.15, -0.1) is 0 Å². The molecule has 0 radical (unpaired) electrons. The molecule has 1 aliphatic heterocycles. The highest BCUT2D eigenvalue weighted by atomic mass is 16.2. The molecule has 2 aliphatic rings. The number of anilines is 2. The van der Waals surface area contributed by atoms with E-state index < -0.39 is 0 Å². The number of nitrogens with zero attached hydrogens (tertiary/aromatic N) is 1. The Balaban J connectivity index is 1.89. The van der Waals surface area contributed by atoms with E-state index in [4.69, 9.17) is 5.84 Å². The van der Waals surface area contributed by atoms with E-state index in [0.717, 1.165) is 37.3 Å². The lowest BCUT2D eigenvalue weighted by molar-refractivity contribution is -0.117. The zero-order chi connectivity index (χ0) is 17.3. The molecular formula is C18H26N4O2. The van der Waals surface area contributed by atoms with Gasteiger partial charge >= 0.3 is 0 Å². The Kier molecular flexibility index (Phi) is 4.76. The number of piperidine rings is 1. The van der Waals surface area contributed by atoms with Crippen LogP contribution < -0.4 is 21.5 Å². The Morgan fingerprint density at radius 3 is 2.42 bits per heavy atom. The van der Waals surface area contributed by atoms with Crippen LogP contribution in [0.1, 0.15) is 43.5 Å². The smallest absolute Gasteiger partial charge is 0.267 e. The summed E-state index contributed by atoms with van der Waals surface area (Å²) in [4.78, 5) is 26.4. The molecule has 0 spiro atoms. The molecule has 130 valence electrons. The molecule has 3 rings (SSSR count). The van der Waals surface area contributed by atoms with Crippen molar-refractivity contribution >= 4 is 23.2 Å². The van der Waals surface area contributed by atoms with E-state index in [1.807, 2.05) is 6.07 Å². The molecule has 6 heteroatoms. The van der Waals surface area contributed by atoms with Crippen molar-refractivity contribution < 1.29 is 9.59 Å². The molecular weight excluding hydrogens is 304 g/mol. The zero-order valence-corrected chi connectivity index (χ0v) is 14.3. The lowest BCUT2D eigenvalue weighted by Gasteiger charge is -2.37. The van der Waals surface area contributed by atoms with Gasteiger partial charge in [-0.3, -0.25) is 15.0 Å². The second-order valence-electron chi connectivity index (χ2n) is 7.32. The molecule has 1 aliphatic carbocycles. The quantitative estimate of drug-likeness (QED) is 0.448. The Bertz CT molecular complexity index is 632. The average molecular weight is 330 g/mol. The number of nitrogens with two attached hydrogens (primary N) is 1. The first-order valence-electron chi connectivity index (χ1n) is 8.68. The van der Waals surface area contributed by atoms with E-state index in [2.05, 4.69) is 29.5 Å². The predicted molar refractivity (Wildman–Crippen MR) is 94.6 cm³/mol. The number of nitrogens with one attached hydrogen (secondary N) is 2. The van der Waals surface area contributed by atoms with Crippen LogP contribution in [0.4, 0.5) is 11.4 Å². The number of amides is 2. The molecule has 2 atom stereocenters. The van der Waals surface area contributed by atoms with Crippen molar-refractivity contribution in [3.63, 3.8) is 0 Å². The summed E-state index contributed by atoms with van der Waals surface area (Å²) in [5.41, 5.74) is 4.34. The van der Waals surface area contributed by atoms with Gasteiger partial charge in [0.1, 0.15) is 0 Å². The van der Waals surface area contributed by atoms with Gasteiger partial charge in [0.05, 0.1) is 11.3 Å². The molecule has 6 nitrogen and oxygen atoms in total. The van der Waals surface area contributed by atoms with Gasteiger partial charge in [0.15, 0.2) is 0 Å². The van der Waals surface area contributed by atoms with Gasteiger partial charge in [0.25, 0.3) is 5.91 Å². The monoisotopic (exact) mass is 330 g/mol. The van der Waals surface area contributed by atoms with E-state index >= 15 is 0 Å². The number of rotatable bonds is 4. The number of carbonyl (C=O) groups is 2. The summed E-state index contributed by atoms with van der Waals surface area (Å²) in [6.07, 6.45) is 3.12. The maximum atomic E-state index is 12.1.